The molecule has 6 nitrogen and oxygen atoms in total. The third-order valence-corrected chi connectivity index (χ3v) is 2.90. The van der Waals surface area contributed by atoms with Gasteiger partial charge in [0.1, 0.15) is 5.75 Å². The Bertz CT molecular complexity index is 735. The van der Waals surface area contributed by atoms with Gasteiger partial charge < -0.3 is 9.47 Å². The van der Waals surface area contributed by atoms with Gasteiger partial charge in [-0.1, -0.05) is 0 Å². The number of benzene rings is 2. The van der Waals surface area contributed by atoms with Crippen molar-refractivity contribution >= 4 is 5.69 Å². The van der Waals surface area contributed by atoms with Crippen molar-refractivity contribution in [3.05, 3.63) is 57.6 Å². The Labute approximate surface area is 121 Å². The van der Waals surface area contributed by atoms with E-state index in [-0.39, 0.29) is 11.4 Å². The van der Waals surface area contributed by atoms with Gasteiger partial charge in [-0.25, -0.2) is 0 Å². The van der Waals surface area contributed by atoms with Gasteiger partial charge in [-0.15, -0.1) is 0 Å². The molecule has 0 aliphatic carbocycles. The molecule has 0 heterocycles. The summed E-state index contributed by atoms with van der Waals surface area (Å²) in [6, 6.07) is 11.2. The average Bonchev–Trinajstić information content (AvgIpc) is 2.47. The van der Waals surface area contributed by atoms with Gasteiger partial charge in [-0.2, -0.15) is 5.26 Å². The lowest BCUT2D eigenvalue weighted by atomic mass is 10.1. The molecule has 0 aromatic heterocycles. The highest BCUT2D eigenvalue weighted by Gasteiger charge is 2.13. The molecule has 2 aromatic rings. The molecule has 0 saturated heterocycles. The van der Waals surface area contributed by atoms with Crippen LogP contribution in [0.2, 0.25) is 0 Å². The predicted molar refractivity (Wildman–Crippen MR) is 75.6 cm³/mol. The summed E-state index contributed by atoms with van der Waals surface area (Å²) in [6.07, 6.45) is 0. The van der Waals surface area contributed by atoms with E-state index in [9.17, 15) is 10.1 Å². The molecule has 0 bridgehead atoms. The number of hydrogen-bond donors (Lipinski definition) is 0. The lowest BCUT2D eigenvalue weighted by Gasteiger charge is -2.10. The average molecular weight is 284 g/mol. The van der Waals surface area contributed by atoms with E-state index in [0.29, 0.717) is 17.1 Å². The van der Waals surface area contributed by atoms with Crippen LogP contribution in [0.3, 0.4) is 0 Å². The molecule has 0 unspecified atom stereocenters. The van der Waals surface area contributed by atoms with Gasteiger partial charge in [0.05, 0.1) is 29.7 Å². The smallest absolute Gasteiger partial charge is 0.273 e. The van der Waals surface area contributed by atoms with Crippen LogP contribution in [-0.4, -0.2) is 12.0 Å². The van der Waals surface area contributed by atoms with Gasteiger partial charge in [0, 0.05) is 6.07 Å². The van der Waals surface area contributed by atoms with Crippen molar-refractivity contribution in [3.63, 3.8) is 0 Å². The zero-order valence-corrected chi connectivity index (χ0v) is 11.5. The highest BCUT2D eigenvalue weighted by Crippen LogP contribution is 2.34. The number of rotatable bonds is 4. The van der Waals surface area contributed by atoms with Crippen molar-refractivity contribution in [3.8, 4) is 23.3 Å². The number of methoxy groups -OCH3 is 1. The number of nitro benzene ring substituents is 1. The minimum atomic E-state index is -0.502. The Balaban J connectivity index is 2.33. The summed E-state index contributed by atoms with van der Waals surface area (Å²) < 4.78 is 10.8. The van der Waals surface area contributed by atoms with E-state index < -0.39 is 4.92 Å². The lowest BCUT2D eigenvalue weighted by molar-refractivity contribution is -0.384. The third-order valence-electron chi connectivity index (χ3n) is 2.90. The fraction of sp³-hybridized carbons (Fsp3) is 0.133. The molecule has 2 aromatic carbocycles. The first-order valence-corrected chi connectivity index (χ1v) is 6.06. The molecule has 0 aliphatic heterocycles. The van der Waals surface area contributed by atoms with E-state index in [1.54, 1.807) is 25.1 Å². The molecule has 106 valence electrons. The number of nitro groups is 1. The summed E-state index contributed by atoms with van der Waals surface area (Å²) in [6.45, 7) is 1.80. The summed E-state index contributed by atoms with van der Waals surface area (Å²) >= 11 is 0. The largest absolute Gasteiger partial charge is 0.493 e. The molecule has 0 fully saturated rings. The van der Waals surface area contributed by atoms with E-state index >= 15 is 0 Å². The number of ether oxygens (including phenoxy) is 2. The van der Waals surface area contributed by atoms with E-state index in [4.69, 9.17) is 14.7 Å². The Morgan fingerprint density at radius 3 is 2.52 bits per heavy atom. The maximum absolute atomic E-state index is 10.7. The first-order valence-electron chi connectivity index (χ1n) is 6.06. The summed E-state index contributed by atoms with van der Waals surface area (Å²) in [5.41, 5.74) is 1.28. The zero-order chi connectivity index (χ0) is 15.4. The Morgan fingerprint density at radius 2 is 1.95 bits per heavy atom. The molecule has 6 heteroatoms. The van der Waals surface area contributed by atoms with E-state index in [2.05, 4.69) is 6.07 Å². The Hall–Kier alpha value is -3.07. The van der Waals surface area contributed by atoms with Crippen molar-refractivity contribution in [1.29, 1.82) is 5.26 Å². The van der Waals surface area contributed by atoms with Gasteiger partial charge in [-0.3, -0.25) is 10.1 Å². The van der Waals surface area contributed by atoms with Crippen molar-refractivity contribution in [2.24, 2.45) is 0 Å². The van der Waals surface area contributed by atoms with Crippen LogP contribution >= 0.6 is 0 Å². The third kappa shape index (κ3) is 3.09. The molecule has 2 rings (SSSR count). The topological polar surface area (TPSA) is 85.4 Å². The number of hydrogen-bond acceptors (Lipinski definition) is 5. The fourth-order valence-electron chi connectivity index (χ4n) is 1.81. The molecule has 0 atom stereocenters. The highest BCUT2D eigenvalue weighted by molar-refractivity contribution is 5.51. The van der Waals surface area contributed by atoms with Crippen molar-refractivity contribution in [2.75, 3.05) is 7.11 Å². The molecular formula is C15H12N2O4. The standard InChI is InChI=1S/C15H12N2O4/c1-10-7-13(5-3-11(10)9-16)21-14-6-4-12(17(18)19)8-15(14)20-2/h3-8H,1-2H3. The van der Waals surface area contributed by atoms with Gasteiger partial charge in [-0.05, 0) is 36.8 Å². The van der Waals surface area contributed by atoms with Gasteiger partial charge >= 0.3 is 0 Å². The fourth-order valence-corrected chi connectivity index (χ4v) is 1.81. The molecule has 0 N–H and O–H groups in total. The number of nitrogens with zero attached hydrogens (tertiary/aromatic N) is 2. The van der Waals surface area contributed by atoms with Gasteiger partial charge in [0.25, 0.3) is 5.69 Å². The van der Waals surface area contributed by atoms with Crippen molar-refractivity contribution in [1.82, 2.24) is 0 Å². The van der Waals surface area contributed by atoms with E-state index in [0.717, 1.165) is 5.56 Å². The number of non-ortho nitro benzene ring substituents is 1. The van der Waals surface area contributed by atoms with Crippen LogP contribution in [0, 0.1) is 28.4 Å². The number of aryl methyl sites for hydroxylation is 1. The van der Waals surface area contributed by atoms with Crippen LogP contribution in [0.5, 0.6) is 17.2 Å². The van der Waals surface area contributed by atoms with Crippen LogP contribution in [-0.2, 0) is 0 Å². The van der Waals surface area contributed by atoms with Crippen LogP contribution < -0.4 is 9.47 Å². The Kier molecular flexibility index (Phi) is 4.05. The second kappa shape index (κ2) is 5.92. The molecule has 0 saturated carbocycles. The summed E-state index contributed by atoms with van der Waals surface area (Å²) in [5.74, 6) is 1.16. The minimum absolute atomic E-state index is 0.0739. The molecule has 0 spiro atoms. The normalized spacial score (nSPS) is 9.76. The summed E-state index contributed by atoms with van der Waals surface area (Å²) in [7, 11) is 1.41. The number of nitriles is 1. The van der Waals surface area contributed by atoms with Crippen LogP contribution in [0.1, 0.15) is 11.1 Å². The van der Waals surface area contributed by atoms with Crippen LogP contribution in [0.4, 0.5) is 5.69 Å². The second-order valence-corrected chi connectivity index (χ2v) is 4.28. The first-order chi connectivity index (χ1) is 10.0. The SMILES string of the molecule is COc1cc([N+](=O)[O-])ccc1Oc1ccc(C#N)c(C)c1. The predicted octanol–water partition coefficient (Wildman–Crippen LogP) is 3.58. The highest BCUT2D eigenvalue weighted by atomic mass is 16.6. The Morgan fingerprint density at radius 1 is 1.19 bits per heavy atom. The van der Waals surface area contributed by atoms with E-state index in [1.807, 2.05) is 0 Å². The summed E-state index contributed by atoms with van der Waals surface area (Å²) in [5, 5.41) is 19.6. The van der Waals surface area contributed by atoms with Crippen LogP contribution in [0.15, 0.2) is 36.4 Å². The van der Waals surface area contributed by atoms with Crippen molar-refractivity contribution in [2.45, 2.75) is 6.92 Å². The zero-order valence-electron chi connectivity index (χ0n) is 11.5. The molecule has 0 amide bonds. The molecular weight excluding hydrogens is 272 g/mol. The summed E-state index contributed by atoms with van der Waals surface area (Å²) in [4.78, 5) is 10.2. The molecule has 0 radical (unpaired) electrons. The maximum atomic E-state index is 10.7. The van der Waals surface area contributed by atoms with Crippen molar-refractivity contribution < 1.29 is 14.4 Å². The maximum Gasteiger partial charge on any atom is 0.273 e. The van der Waals surface area contributed by atoms with Gasteiger partial charge in [0.15, 0.2) is 11.5 Å². The van der Waals surface area contributed by atoms with Crippen LogP contribution in [0.25, 0.3) is 0 Å². The second-order valence-electron chi connectivity index (χ2n) is 4.28. The monoisotopic (exact) mass is 284 g/mol. The quantitative estimate of drug-likeness (QED) is 0.632. The molecule has 0 aliphatic rings. The first kappa shape index (κ1) is 14.3. The van der Waals surface area contributed by atoms with E-state index in [1.165, 1.54) is 25.3 Å². The lowest BCUT2D eigenvalue weighted by Crippen LogP contribution is -1.94. The van der Waals surface area contributed by atoms with Gasteiger partial charge in [0.2, 0.25) is 0 Å². The minimum Gasteiger partial charge on any atom is -0.493 e. The molecule has 21 heavy (non-hydrogen) atoms.